The standard InChI is InChI=1S/C20H22F3N3O2/c1-3-24-19(28)15-5-4-6-16(11-15)26-17(27)12-25-18(20(21,22)23)14-9-7-13(2)8-10-14/h4-11,18,25H,3,12H2,1-2H3,(H,24,28)(H,26,27). The molecule has 2 aromatic rings. The number of anilines is 1. The van der Waals surface area contributed by atoms with E-state index in [4.69, 9.17) is 0 Å². The van der Waals surface area contributed by atoms with Gasteiger partial charge >= 0.3 is 6.18 Å². The zero-order valence-corrected chi connectivity index (χ0v) is 15.6. The first-order valence-corrected chi connectivity index (χ1v) is 8.75. The topological polar surface area (TPSA) is 70.2 Å². The molecule has 0 heterocycles. The Morgan fingerprint density at radius 1 is 1.07 bits per heavy atom. The normalized spacial score (nSPS) is 12.3. The van der Waals surface area contributed by atoms with Gasteiger partial charge in [0.25, 0.3) is 5.91 Å². The average Bonchev–Trinajstić information content (AvgIpc) is 2.62. The van der Waals surface area contributed by atoms with Gasteiger partial charge in [-0.3, -0.25) is 14.9 Å². The molecule has 0 saturated carbocycles. The van der Waals surface area contributed by atoms with Crippen LogP contribution >= 0.6 is 0 Å². The molecule has 0 saturated heterocycles. The molecule has 1 atom stereocenters. The van der Waals surface area contributed by atoms with Crippen LogP contribution < -0.4 is 16.0 Å². The van der Waals surface area contributed by atoms with Crippen LogP contribution in [0, 0.1) is 6.92 Å². The minimum atomic E-state index is -4.55. The van der Waals surface area contributed by atoms with Crippen molar-refractivity contribution in [2.75, 3.05) is 18.4 Å². The Hall–Kier alpha value is -2.87. The van der Waals surface area contributed by atoms with Crippen molar-refractivity contribution in [3.63, 3.8) is 0 Å². The molecule has 0 aliphatic heterocycles. The van der Waals surface area contributed by atoms with E-state index in [9.17, 15) is 22.8 Å². The van der Waals surface area contributed by atoms with Crippen molar-refractivity contribution in [2.45, 2.75) is 26.1 Å². The van der Waals surface area contributed by atoms with Crippen LogP contribution in [0.3, 0.4) is 0 Å². The lowest BCUT2D eigenvalue weighted by atomic mass is 10.0. The molecule has 0 fully saturated rings. The fourth-order valence-corrected chi connectivity index (χ4v) is 2.58. The number of carbonyl (C=O) groups excluding carboxylic acids is 2. The third kappa shape index (κ3) is 6.09. The zero-order valence-electron chi connectivity index (χ0n) is 15.6. The Labute approximate surface area is 161 Å². The Bertz CT molecular complexity index is 820. The number of hydrogen-bond acceptors (Lipinski definition) is 3. The number of carbonyl (C=O) groups is 2. The first kappa shape index (κ1) is 21.4. The second kappa shape index (κ2) is 9.36. The molecule has 2 rings (SSSR count). The van der Waals surface area contributed by atoms with E-state index >= 15 is 0 Å². The van der Waals surface area contributed by atoms with Gasteiger partial charge in [0.05, 0.1) is 6.54 Å². The summed E-state index contributed by atoms with van der Waals surface area (Å²) >= 11 is 0. The SMILES string of the molecule is CCNC(=O)c1cccc(NC(=O)CNC(c2ccc(C)cc2)C(F)(F)F)c1. The predicted molar refractivity (Wildman–Crippen MR) is 101 cm³/mol. The molecule has 0 aromatic heterocycles. The van der Waals surface area contributed by atoms with Crippen LogP contribution in [-0.2, 0) is 4.79 Å². The van der Waals surface area contributed by atoms with Gasteiger partial charge in [0.15, 0.2) is 0 Å². The molecule has 3 N–H and O–H groups in total. The van der Waals surface area contributed by atoms with Crippen LogP contribution in [0.2, 0.25) is 0 Å². The van der Waals surface area contributed by atoms with Gasteiger partial charge in [-0.05, 0) is 37.6 Å². The molecule has 0 radical (unpaired) electrons. The van der Waals surface area contributed by atoms with Crippen LogP contribution in [0.5, 0.6) is 0 Å². The van der Waals surface area contributed by atoms with Crippen LogP contribution in [0.4, 0.5) is 18.9 Å². The number of aryl methyl sites for hydroxylation is 1. The molecule has 5 nitrogen and oxygen atoms in total. The first-order valence-electron chi connectivity index (χ1n) is 8.75. The lowest BCUT2D eigenvalue weighted by Crippen LogP contribution is -2.38. The van der Waals surface area contributed by atoms with Gasteiger partial charge in [-0.25, -0.2) is 0 Å². The van der Waals surface area contributed by atoms with Crippen molar-refractivity contribution in [3.05, 3.63) is 65.2 Å². The van der Waals surface area contributed by atoms with Crippen molar-refractivity contribution < 1.29 is 22.8 Å². The maximum atomic E-state index is 13.4. The van der Waals surface area contributed by atoms with Crippen molar-refractivity contribution >= 4 is 17.5 Å². The average molecular weight is 393 g/mol. The van der Waals surface area contributed by atoms with Crippen LogP contribution in [0.1, 0.15) is 34.5 Å². The van der Waals surface area contributed by atoms with Gasteiger partial charge in [0, 0.05) is 17.8 Å². The molecule has 2 amide bonds. The fourth-order valence-electron chi connectivity index (χ4n) is 2.58. The van der Waals surface area contributed by atoms with Gasteiger partial charge in [0.2, 0.25) is 5.91 Å². The summed E-state index contributed by atoms with van der Waals surface area (Å²) in [6, 6.07) is 10.2. The van der Waals surface area contributed by atoms with E-state index in [0.717, 1.165) is 5.56 Å². The summed E-state index contributed by atoms with van der Waals surface area (Å²) in [5.74, 6) is -0.942. The Morgan fingerprint density at radius 3 is 2.36 bits per heavy atom. The van der Waals surface area contributed by atoms with E-state index in [2.05, 4.69) is 16.0 Å². The molecular weight excluding hydrogens is 371 g/mol. The summed E-state index contributed by atoms with van der Waals surface area (Å²) < 4.78 is 40.1. The highest BCUT2D eigenvalue weighted by Gasteiger charge is 2.40. The molecule has 8 heteroatoms. The monoisotopic (exact) mass is 393 g/mol. The van der Waals surface area contributed by atoms with Crippen LogP contribution in [0.25, 0.3) is 0 Å². The van der Waals surface area contributed by atoms with E-state index < -0.39 is 24.7 Å². The molecule has 1 unspecified atom stereocenters. The molecule has 28 heavy (non-hydrogen) atoms. The minimum Gasteiger partial charge on any atom is -0.352 e. The summed E-state index contributed by atoms with van der Waals surface area (Å²) in [6.45, 7) is 3.48. The summed E-state index contributed by atoms with van der Waals surface area (Å²) in [5.41, 5.74) is 1.55. The Kier molecular flexibility index (Phi) is 7.17. The van der Waals surface area contributed by atoms with Gasteiger partial charge in [-0.2, -0.15) is 13.2 Å². The lowest BCUT2D eigenvalue weighted by molar-refractivity contribution is -0.158. The van der Waals surface area contributed by atoms with Gasteiger partial charge in [-0.15, -0.1) is 0 Å². The molecule has 0 aliphatic carbocycles. The second-order valence-corrected chi connectivity index (χ2v) is 6.25. The molecule has 0 bridgehead atoms. The molecule has 150 valence electrons. The molecule has 0 aliphatic rings. The second-order valence-electron chi connectivity index (χ2n) is 6.25. The van der Waals surface area contributed by atoms with Crippen LogP contribution in [-0.4, -0.2) is 31.1 Å². The van der Waals surface area contributed by atoms with Crippen LogP contribution in [0.15, 0.2) is 48.5 Å². The highest BCUT2D eigenvalue weighted by molar-refractivity contribution is 5.97. The maximum absolute atomic E-state index is 13.4. The number of halogens is 3. The van der Waals surface area contributed by atoms with Gasteiger partial charge < -0.3 is 10.6 Å². The molecule has 2 aromatic carbocycles. The van der Waals surface area contributed by atoms with E-state index in [1.807, 2.05) is 0 Å². The Balaban J connectivity index is 2.02. The molecular formula is C20H22F3N3O2. The number of hydrogen-bond donors (Lipinski definition) is 3. The Morgan fingerprint density at radius 2 is 1.75 bits per heavy atom. The summed E-state index contributed by atoms with van der Waals surface area (Å²) in [4.78, 5) is 23.9. The smallest absolute Gasteiger partial charge is 0.352 e. The highest BCUT2D eigenvalue weighted by Crippen LogP contribution is 2.32. The van der Waals surface area contributed by atoms with Gasteiger partial charge in [-0.1, -0.05) is 35.9 Å². The molecule has 0 spiro atoms. The highest BCUT2D eigenvalue weighted by atomic mass is 19.4. The largest absolute Gasteiger partial charge is 0.407 e. The van der Waals surface area contributed by atoms with E-state index in [1.165, 1.54) is 18.2 Å². The third-order valence-electron chi connectivity index (χ3n) is 3.95. The van der Waals surface area contributed by atoms with Crippen molar-refractivity contribution in [2.24, 2.45) is 0 Å². The third-order valence-corrected chi connectivity index (χ3v) is 3.95. The quantitative estimate of drug-likeness (QED) is 0.674. The van der Waals surface area contributed by atoms with E-state index in [1.54, 1.807) is 44.2 Å². The zero-order chi connectivity index (χ0) is 20.7. The lowest BCUT2D eigenvalue weighted by Gasteiger charge is -2.22. The number of amides is 2. The summed E-state index contributed by atoms with van der Waals surface area (Å²) in [7, 11) is 0. The first-order chi connectivity index (χ1) is 13.2. The van der Waals surface area contributed by atoms with E-state index in [0.29, 0.717) is 17.8 Å². The minimum absolute atomic E-state index is 0.0316. The number of benzene rings is 2. The van der Waals surface area contributed by atoms with Crippen molar-refractivity contribution in [1.82, 2.24) is 10.6 Å². The van der Waals surface area contributed by atoms with Crippen molar-refractivity contribution in [3.8, 4) is 0 Å². The number of nitrogens with one attached hydrogen (secondary N) is 3. The number of rotatable bonds is 7. The maximum Gasteiger partial charge on any atom is 0.407 e. The van der Waals surface area contributed by atoms with Gasteiger partial charge in [0.1, 0.15) is 6.04 Å². The van der Waals surface area contributed by atoms with E-state index in [-0.39, 0.29) is 11.5 Å². The summed E-state index contributed by atoms with van der Waals surface area (Å²) in [6.07, 6.45) is -4.55. The van der Waals surface area contributed by atoms with Crippen molar-refractivity contribution in [1.29, 1.82) is 0 Å². The fraction of sp³-hybridized carbons (Fsp3) is 0.300. The number of alkyl halides is 3. The summed E-state index contributed by atoms with van der Waals surface area (Å²) in [5, 5.41) is 7.39. The predicted octanol–water partition coefficient (Wildman–Crippen LogP) is 3.58.